The Hall–Kier alpha value is -1.82. The molecule has 22 heavy (non-hydrogen) atoms. The van der Waals surface area contributed by atoms with Crippen molar-refractivity contribution in [2.75, 3.05) is 13.6 Å². The lowest BCUT2D eigenvalue weighted by atomic mass is 10.2. The quantitative estimate of drug-likeness (QED) is 0.854. The minimum absolute atomic E-state index is 0.0262. The van der Waals surface area contributed by atoms with Crippen LogP contribution in [0.1, 0.15) is 18.5 Å². The number of amides is 1. The molecule has 0 saturated carbocycles. The van der Waals surface area contributed by atoms with Gasteiger partial charge in [-0.25, -0.2) is 0 Å². The Labute approximate surface area is 137 Å². The largest absolute Gasteiger partial charge is 0.481 e. The number of carboxylic acid groups (broad SMARTS) is 1. The molecule has 0 fully saturated rings. The molecule has 1 heterocycles. The van der Waals surface area contributed by atoms with Crippen LogP contribution in [0.5, 0.6) is 0 Å². The summed E-state index contributed by atoms with van der Waals surface area (Å²) in [6, 6.07) is 7.93. The number of carbonyl (C=O) groups excluding carboxylic acids is 1. The molecule has 1 aromatic carbocycles. The summed E-state index contributed by atoms with van der Waals surface area (Å²) in [5.74, 6) is -0.862. The Morgan fingerprint density at radius 3 is 2.68 bits per heavy atom. The molecule has 0 radical (unpaired) electrons. The van der Waals surface area contributed by atoms with E-state index in [-0.39, 0.29) is 18.9 Å². The van der Waals surface area contributed by atoms with Gasteiger partial charge in [0.2, 0.25) is 5.91 Å². The average Bonchev–Trinajstić information content (AvgIpc) is 2.72. The molecule has 5 nitrogen and oxygen atoms in total. The number of carbonyl (C=O) groups is 2. The van der Waals surface area contributed by atoms with Crippen molar-refractivity contribution < 1.29 is 14.7 Å². The van der Waals surface area contributed by atoms with Gasteiger partial charge in [-0.1, -0.05) is 18.2 Å². The molecule has 118 valence electrons. The molecule has 1 N–H and O–H groups in total. The third-order valence-electron chi connectivity index (χ3n) is 3.76. The molecule has 1 aromatic heterocycles. The smallest absolute Gasteiger partial charge is 0.303 e. The van der Waals surface area contributed by atoms with E-state index < -0.39 is 5.97 Å². The molecule has 0 aliphatic heterocycles. The van der Waals surface area contributed by atoms with Gasteiger partial charge in [0.15, 0.2) is 0 Å². The highest BCUT2D eigenvalue weighted by molar-refractivity contribution is 9.10. The zero-order chi connectivity index (χ0) is 16.3. The Morgan fingerprint density at radius 1 is 1.32 bits per heavy atom. The molecule has 0 spiro atoms. The van der Waals surface area contributed by atoms with Crippen LogP contribution < -0.4 is 0 Å². The normalized spacial score (nSPS) is 10.9. The van der Waals surface area contributed by atoms with Crippen molar-refractivity contribution in [3.63, 3.8) is 0 Å². The van der Waals surface area contributed by atoms with Crippen molar-refractivity contribution in [3.05, 3.63) is 34.4 Å². The molecule has 2 aromatic rings. The van der Waals surface area contributed by atoms with Crippen molar-refractivity contribution in [1.82, 2.24) is 9.47 Å². The van der Waals surface area contributed by atoms with E-state index in [9.17, 15) is 9.59 Å². The minimum atomic E-state index is -0.836. The topological polar surface area (TPSA) is 62.5 Å². The summed E-state index contributed by atoms with van der Waals surface area (Å²) >= 11 is 3.58. The number of hydrogen-bond donors (Lipinski definition) is 1. The number of rotatable bonds is 6. The van der Waals surface area contributed by atoms with Gasteiger partial charge in [0, 0.05) is 41.1 Å². The van der Waals surface area contributed by atoms with Gasteiger partial charge in [0.1, 0.15) is 6.54 Å². The van der Waals surface area contributed by atoms with Gasteiger partial charge < -0.3 is 14.6 Å². The molecule has 0 unspecified atom stereocenters. The van der Waals surface area contributed by atoms with Gasteiger partial charge in [-0.2, -0.15) is 0 Å². The maximum Gasteiger partial charge on any atom is 0.303 e. The van der Waals surface area contributed by atoms with Gasteiger partial charge in [-0.15, -0.1) is 0 Å². The van der Waals surface area contributed by atoms with Crippen molar-refractivity contribution in [3.8, 4) is 0 Å². The molecule has 0 aliphatic rings. The summed E-state index contributed by atoms with van der Waals surface area (Å²) in [6.07, 6.45) is 0.543. The molecule has 6 heteroatoms. The van der Waals surface area contributed by atoms with Crippen LogP contribution in [0.15, 0.2) is 28.7 Å². The standard InChI is InChI=1S/C16H19BrN2O3/c1-11-16(17)12-6-3-4-7-13(12)19(11)10-14(20)18(2)9-5-8-15(21)22/h3-4,6-7H,5,8-10H2,1-2H3,(H,21,22). The predicted octanol–water partition coefficient (Wildman–Crippen LogP) is 3.04. The monoisotopic (exact) mass is 366 g/mol. The highest BCUT2D eigenvalue weighted by atomic mass is 79.9. The van der Waals surface area contributed by atoms with Crippen molar-refractivity contribution in [1.29, 1.82) is 0 Å². The summed E-state index contributed by atoms with van der Waals surface area (Å²) in [5.41, 5.74) is 2.02. The zero-order valence-electron chi connectivity index (χ0n) is 12.7. The molecular weight excluding hydrogens is 348 g/mol. The highest BCUT2D eigenvalue weighted by Gasteiger charge is 2.16. The second-order valence-corrected chi connectivity index (χ2v) is 6.11. The van der Waals surface area contributed by atoms with Gasteiger partial charge in [0.05, 0.1) is 0 Å². The van der Waals surface area contributed by atoms with Crippen molar-refractivity contribution in [2.24, 2.45) is 0 Å². The van der Waals surface area contributed by atoms with Gasteiger partial charge in [-0.05, 0) is 35.3 Å². The van der Waals surface area contributed by atoms with Crippen LogP contribution in [0.25, 0.3) is 10.9 Å². The lowest BCUT2D eigenvalue weighted by molar-refractivity contribution is -0.138. The van der Waals surface area contributed by atoms with Crippen LogP contribution in [0, 0.1) is 6.92 Å². The SMILES string of the molecule is Cc1c(Br)c2ccccc2n1CC(=O)N(C)CCCC(=O)O. The molecule has 0 bridgehead atoms. The summed E-state index contributed by atoms with van der Waals surface area (Å²) in [7, 11) is 1.71. The highest BCUT2D eigenvalue weighted by Crippen LogP contribution is 2.30. The van der Waals surface area contributed by atoms with Gasteiger partial charge in [0.25, 0.3) is 0 Å². The average molecular weight is 367 g/mol. The fraction of sp³-hybridized carbons (Fsp3) is 0.375. The number of hydrogen-bond acceptors (Lipinski definition) is 2. The van der Waals surface area contributed by atoms with Crippen LogP contribution in [0.2, 0.25) is 0 Å². The van der Waals surface area contributed by atoms with Crippen LogP contribution in [0.4, 0.5) is 0 Å². The Bertz CT molecular complexity index is 709. The van der Waals surface area contributed by atoms with Crippen LogP contribution in [0.3, 0.4) is 0 Å². The molecule has 0 atom stereocenters. The van der Waals surface area contributed by atoms with E-state index in [2.05, 4.69) is 15.9 Å². The second kappa shape index (κ2) is 6.96. The van der Waals surface area contributed by atoms with E-state index in [1.807, 2.05) is 35.8 Å². The number of nitrogens with zero attached hydrogens (tertiary/aromatic N) is 2. The lowest BCUT2D eigenvalue weighted by Crippen LogP contribution is -2.31. The lowest BCUT2D eigenvalue weighted by Gasteiger charge is -2.18. The molecule has 1 amide bonds. The summed E-state index contributed by atoms with van der Waals surface area (Å²) in [4.78, 5) is 24.4. The van der Waals surface area contributed by atoms with E-state index in [0.29, 0.717) is 13.0 Å². The van der Waals surface area contributed by atoms with Gasteiger partial charge in [-0.3, -0.25) is 9.59 Å². The first-order valence-electron chi connectivity index (χ1n) is 7.11. The molecule has 0 saturated heterocycles. The summed E-state index contributed by atoms with van der Waals surface area (Å²) in [5, 5.41) is 9.73. The fourth-order valence-electron chi connectivity index (χ4n) is 2.44. The number of para-hydroxylation sites is 1. The Balaban J connectivity index is 2.12. The summed E-state index contributed by atoms with van der Waals surface area (Å²) in [6.45, 7) is 2.67. The van der Waals surface area contributed by atoms with Crippen LogP contribution in [-0.2, 0) is 16.1 Å². The van der Waals surface area contributed by atoms with E-state index in [1.165, 1.54) is 0 Å². The Kier molecular flexibility index (Phi) is 5.24. The molecule has 2 rings (SSSR count). The van der Waals surface area contributed by atoms with Crippen molar-refractivity contribution in [2.45, 2.75) is 26.3 Å². The minimum Gasteiger partial charge on any atom is -0.481 e. The third-order valence-corrected chi connectivity index (χ3v) is 4.76. The summed E-state index contributed by atoms with van der Waals surface area (Å²) < 4.78 is 2.99. The number of likely N-dealkylation sites (N-methyl/N-ethyl adjacent to an activating group) is 1. The number of aliphatic carboxylic acids is 1. The second-order valence-electron chi connectivity index (χ2n) is 5.32. The van der Waals surface area contributed by atoms with E-state index in [0.717, 1.165) is 21.1 Å². The first kappa shape index (κ1) is 16.5. The maximum atomic E-state index is 12.3. The fourth-order valence-corrected chi connectivity index (χ4v) is 2.99. The van der Waals surface area contributed by atoms with E-state index in [4.69, 9.17) is 5.11 Å². The number of fused-ring (bicyclic) bond motifs is 1. The predicted molar refractivity (Wildman–Crippen MR) is 88.9 cm³/mol. The molecule has 0 aliphatic carbocycles. The third kappa shape index (κ3) is 3.50. The molecular formula is C16H19BrN2O3. The number of halogens is 1. The zero-order valence-corrected chi connectivity index (χ0v) is 14.3. The van der Waals surface area contributed by atoms with E-state index in [1.54, 1.807) is 11.9 Å². The first-order chi connectivity index (χ1) is 10.4. The number of benzene rings is 1. The van der Waals surface area contributed by atoms with Crippen LogP contribution in [-0.4, -0.2) is 40.0 Å². The number of carboxylic acids is 1. The van der Waals surface area contributed by atoms with Gasteiger partial charge >= 0.3 is 5.97 Å². The van der Waals surface area contributed by atoms with E-state index >= 15 is 0 Å². The first-order valence-corrected chi connectivity index (χ1v) is 7.90. The maximum absolute atomic E-state index is 12.3. The van der Waals surface area contributed by atoms with Crippen LogP contribution >= 0.6 is 15.9 Å². The van der Waals surface area contributed by atoms with Crippen molar-refractivity contribution >= 4 is 38.7 Å². The Morgan fingerprint density at radius 2 is 2.00 bits per heavy atom. The number of aromatic nitrogens is 1.